The number of fused-ring (bicyclic) bond motifs is 15. The largest absolute Gasteiger partial charge is 0.309 e. The fourth-order valence-electron chi connectivity index (χ4n) is 8.63. The van der Waals surface area contributed by atoms with Crippen molar-refractivity contribution in [2.75, 3.05) is 0 Å². The van der Waals surface area contributed by atoms with E-state index in [1.165, 1.54) is 88.1 Å². The predicted octanol–water partition coefficient (Wildman–Crippen LogP) is 13.9. The van der Waals surface area contributed by atoms with Crippen LogP contribution in [0.25, 0.3) is 92.8 Å². The lowest BCUT2D eigenvalue weighted by molar-refractivity contribution is 0.592. The molecule has 0 unspecified atom stereocenters. The van der Waals surface area contributed by atoms with Gasteiger partial charge in [0.25, 0.3) is 0 Å². The van der Waals surface area contributed by atoms with Crippen LogP contribution in [-0.4, -0.2) is 0 Å². The molecular formula is C48H27OPS3. The first kappa shape index (κ1) is 30.1. The molecular weight excluding hydrogens is 720 g/mol. The third-order valence-electron chi connectivity index (χ3n) is 11.1. The van der Waals surface area contributed by atoms with Gasteiger partial charge in [0.2, 0.25) is 0 Å². The fourth-order valence-corrected chi connectivity index (χ4v) is 14.7. The van der Waals surface area contributed by atoms with Crippen molar-refractivity contribution in [3.05, 3.63) is 164 Å². The minimum absolute atomic E-state index is 0.870. The van der Waals surface area contributed by atoms with Gasteiger partial charge in [-0.25, -0.2) is 0 Å². The Morgan fingerprint density at radius 3 is 1.19 bits per heavy atom. The summed E-state index contributed by atoms with van der Waals surface area (Å²) in [4.78, 5) is 0. The molecule has 0 saturated heterocycles. The second-order valence-electron chi connectivity index (χ2n) is 13.9. The second kappa shape index (κ2) is 11.1. The molecule has 0 aliphatic carbocycles. The summed E-state index contributed by atoms with van der Waals surface area (Å²) in [7, 11) is -3.33. The fraction of sp³-hybridized carbons (Fsp3) is 0. The van der Waals surface area contributed by atoms with Gasteiger partial charge in [-0.2, -0.15) is 0 Å². The molecule has 9 aromatic carbocycles. The lowest BCUT2D eigenvalue weighted by atomic mass is 9.93. The standard InChI is InChI=1S/C48H27OPS3/c49-50(28-18-21-45-40(23-28)35-13-5-7-15-43(35)51-45,29-19-22-46-41(24-29)36-14-6-8-16-44(36)52-46)30-17-20-37-42-26-38-33-11-3-1-9-31(33)32-10-2-4-12-34(32)39(38)27-48(42)53-47(37)25-30/h1-27H. The molecule has 0 fully saturated rings. The van der Waals surface area contributed by atoms with Crippen LogP contribution < -0.4 is 15.9 Å². The predicted molar refractivity (Wildman–Crippen MR) is 237 cm³/mol. The highest BCUT2D eigenvalue weighted by Gasteiger charge is 2.32. The lowest BCUT2D eigenvalue weighted by Gasteiger charge is -2.21. The Bertz CT molecular complexity index is 3450. The van der Waals surface area contributed by atoms with E-state index < -0.39 is 7.14 Å². The smallest absolute Gasteiger partial charge is 0.171 e. The van der Waals surface area contributed by atoms with Crippen molar-refractivity contribution in [1.29, 1.82) is 0 Å². The summed E-state index contributed by atoms with van der Waals surface area (Å²) in [5.74, 6) is 0. The number of rotatable bonds is 3. The highest BCUT2D eigenvalue weighted by molar-refractivity contribution is 7.85. The van der Waals surface area contributed by atoms with Gasteiger partial charge in [0, 0.05) is 76.4 Å². The molecule has 3 heterocycles. The molecule has 12 rings (SSSR count). The molecule has 248 valence electrons. The van der Waals surface area contributed by atoms with Gasteiger partial charge in [0.05, 0.1) is 0 Å². The van der Waals surface area contributed by atoms with Crippen molar-refractivity contribution in [2.24, 2.45) is 0 Å². The molecule has 5 heteroatoms. The van der Waals surface area contributed by atoms with Crippen LogP contribution in [0.4, 0.5) is 0 Å². The monoisotopic (exact) mass is 746 g/mol. The Balaban J connectivity index is 1.13. The van der Waals surface area contributed by atoms with E-state index in [-0.39, 0.29) is 0 Å². The maximum absolute atomic E-state index is 16.4. The van der Waals surface area contributed by atoms with Gasteiger partial charge in [0.15, 0.2) is 7.14 Å². The minimum atomic E-state index is -3.33. The van der Waals surface area contributed by atoms with E-state index in [1.54, 1.807) is 34.0 Å². The van der Waals surface area contributed by atoms with E-state index in [2.05, 4.69) is 164 Å². The Hall–Kier alpha value is -5.35. The topological polar surface area (TPSA) is 17.1 Å². The van der Waals surface area contributed by atoms with Crippen LogP contribution in [0.3, 0.4) is 0 Å². The van der Waals surface area contributed by atoms with Crippen LogP contribution in [0.15, 0.2) is 164 Å². The van der Waals surface area contributed by atoms with E-state index in [4.69, 9.17) is 0 Å². The van der Waals surface area contributed by atoms with Crippen molar-refractivity contribution in [1.82, 2.24) is 0 Å². The van der Waals surface area contributed by atoms with Crippen LogP contribution in [0.2, 0.25) is 0 Å². The molecule has 0 bridgehead atoms. The van der Waals surface area contributed by atoms with E-state index in [9.17, 15) is 0 Å². The van der Waals surface area contributed by atoms with Crippen molar-refractivity contribution < 1.29 is 4.57 Å². The first-order valence-electron chi connectivity index (χ1n) is 17.8. The van der Waals surface area contributed by atoms with Gasteiger partial charge in [-0.05, 0) is 99.0 Å². The van der Waals surface area contributed by atoms with Crippen LogP contribution in [-0.2, 0) is 4.57 Å². The van der Waals surface area contributed by atoms with Crippen LogP contribution in [0, 0.1) is 0 Å². The number of hydrogen-bond acceptors (Lipinski definition) is 4. The maximum atomic E-state index is 16.4. The Labute approximate surface area is 316 Å². The van der Waals surface area contributed by atoms with Gasteiger partial charge < -0.3 is 4.57 Å². The average Bonchev–Trinajstić information content (AvgIpc) is 3.90. The number of hydrogen-bond donors (Lipinski definition) is 0. The van der Waals surface area contributed by atoms with Crippen LogP contribution >= 0.6 is 41.2 Å². The third-order valence-corrected chi connectivity index (χ3v) is 17.6. The summed E-state index contributed by atoms with van der Waals surface area (Å²) in [6.07, 6.45) is 0. The third kappa shape index (κ3) is 4.27. The molecule has 12 aromatic rings. The Morgan fingerprint density at radius 1 is 0.264 bits per heavy atom. The van der Waals surface area contributed by atoms with Crippen LogP contribution in [0.5, 0.6) is 0 Å². The number of thiophene rings is 3. The summed E-state index contributed by atoms with van der Waals surface area (Å²) in [5, 5.41) is 17.5. The summed E-state index contributed by atoms with van der Waals surface area (Å²) in [6, 6.07) is 59.0. The number of benzene rings is 9. The zero-order valence-electron chi connectivity index (χ0n) is 28.2. The highest BCUT2D eigenvalue weighted by atomic mass is 32.1. The van der Waals surface area contributed by atoms with Gasteiger partial charge in [-0.1, -0.05) is 97.1 Å². The minimum Gasteiger partial charge on any atom is -0.309 e. The van der Waals surface area contributed by atoms with E-state index in [0.717, 1.165) is 20.6 Å². The van der Waals surface area contributed by atoms with Crippen molar-refractivity contribution >= 4 is 150 Å². The Kier molecular flexibility index (Phi) is 6.30. The van der Waals surface area contributed by atoms with Crippen molar-refractivity contribution in [2.45, 2.75) is 0 Å². The molecule has 0 atom stereocenters. The van der Waals surface area contributed by atoms with Gasteiger partial charge in [-0.3, -0.25) is 0 Å². The van der Waals surface area contributed by atoms with Crippen molar-refractivity contribution in [3.8, 4) is 0 Å². The summed E-state index contributed by atoms with van der Waals surface area (Å²) >= 11 is 5.40. The molecule has 0 radical (unpaired) electrons. The van der Waals surface area contributed by atoms with Crippen molar-refractivity contribution in [3.63, 3.8) is 0 Å². The lowest BCUT2D eigenvalue weighted by Crippen LogP contribution is -2.25. The van der Waals surface area contributed by atoms with E-state index >= 15 is 4.57 Å². The first-order chi connectivity index (χ1) is 26.1. The molecule has 0 aliphatic rings. The van der Waals surface area contributed by atoms with Gasteiger partial charge in [0.1, 0.15) is 0 Å². The summed E-state index contributed by atoms with van der Waals surface area (Å²) in [5.41, 5.74) is 0. The normalized spacial score (nSPS) is 12.6. The maximum Gasteiger partial charge on any atom is 0.171 e. The van der Waals surface area contributed by atoms with Gasteiger partial charge >= 0.3 is 0 Å². The quantitative estimate of drug-likeness (QED) is 0.130. The summed E-state index contributed by atoms with van der Waals surface area (Å²) < 4.78 is 23.7. The molecule has 0 amide bonds. The molecule has 0 aliphatic heterocycles. The molecule has 53 heavy (non-hydrogen) atoms. The average molecular weight is 747 g/mol. The molecule has 0 saturated carbocycles. The molecule has 0 N–H and O–H groups in total. The molecule has 0 spiro atoms. The molecule has 1 nitrogen and oxygen atoms in total. The SMILES string of the molecule is O=P(c1ccc2c(c1)sc1cc3c4ccccc4c4ccccc4c3cc12)(c1ccc2sc3ccccc3c2c1)c1ccc2sc3ccccc3c2c1. The Morgan fingerprint density at radius 2 is 0.623 bits per heavy atom. The highest BCUT2D eigenvalue weighted by Crippen LogP contribution is 2.48. The zero-order chi connectivity index (χ0) is 34.8. The van der Waals surface area contributed by atoms with Crippen LogP contribution in [0.1, 0.15) is 0 Å². The summed E-state index contributed by atoms with van der Waals surface area (Å²) in [6.45, 7) is 0. The second-order valence-corrected chi connectivity index (χ2v) is 20.0. The molecule has 3 aromatic heterocycles. The van der Waals surface area contributed by atoms with Gasteiger partial charge in [-0.15, -0.1) is 34.0 Å². The zero-order valence-corrected chi connectivity index (χ0v) is 31.5. The first-order valence-corrected chi connectivity index (χ1v) is 21.9. The van der Waals surface area contributed by atoms with E-state index in [0.29, 0.717) is 0 Å². The van der Waals surface area contributed by atoms with E-state index in [1.807, 2.05) is 0 Å².